The van der Waals surface area contributed by atoms with Crippen molar-refractivity contribution in [2.75, 3.05) is 20.8 Å². The Morgan fingerprint density at radius 3 is 2.42 bits per heavy atom. The molecule has 0 radical (unpaired) electrons. The number of methoxy groups -OCH3 is 2. The summed E-state index contributed by atoms with van der Waals surface area (Å²) in [6.07, 6.45) is 2.90. The molecule has 3 atom stereocenters. The van der Waals surface area contributed by atoms with Gasteiger partial charge in [-0.1, -0.05) is 29.8 Å². The van der Waals surface area contributed by atoms with Gasteiger partial charge in [-0.25, -0.2) is 0 Å². The van der Waals surface area contributed by atoms with Crippen molar-refractivity contribution < 1.29 is 27.2 Å². The Kier molecular flexibility index (Phi) is 7.35. The van der Waals surface area contributed by atoms with E-state index in [9.17, 15) is 13.2 Å². The molecule has 31 heavy (non-hydrogen) atoms. The number of carbonyl (C=O) groups excluding carboxylic acids is 1. The number of hydrogen-bond acceptors (Lipinski definition) is 6. The number of aryl methyl sites for hydroxylation is 1. The molecule has 0 bridgehead atoms. The summed E-state index contributed by atoms with van der Waals surface area (Å²) in [4.78, 5) is 11.7. The van der Waals surface area contributed by atoms with E-state index in [4.69, 9.17) is 14.0 Å². The average molecular weight is 448 g/mol. The van der Waals surface area contributed by atoms with Crippen LogP contribution in [0, 0.1) is 18.8 Å². The van der Waals surface area contributed by atoms with Gasteiger partial charge in [-0.3, -0.25) is 9.35 Å². The van der Waals surface area contributed by atoms with Crippen molar-refractivity contribution in [1.29, 1.82) is 0 Å². The van der Waals surface area contributed by atoms with Gasteiger partial charge >= 0.3 is 5.97 Å². The lowest BCUT2D eigenvalue weighted by molar-refractivity contribution is -0.146. The van der Waals surface area contributed by atoms with E-state index in [1.165, 1.54) is 30.4 Å². The van der Waals surface area contributed by atoms with Crippen LogP contribution in [0.4, 0.5) is 0 Å². The maximum atomic E-state index is 11.7. The summed E-state index contributed by atoms with van der Waals surface area (Å²) in [7, 11) is -0.833. The van der Waals surface area contributed by atoms with Gasteiger partial charge in [0, 0.05) is 12.6 Å². The Morgan fingerprint density at radius 2 is 1.81 bits per heavy atom. The van der Waals surface area contributed by atoms with Crippen molar-refractivity contribution in [2.24, 2.45) is 11.8 Å². The number of esters is 1. The van der Waals surface area contributed by atoms with Crippen molar-refractivity contribution in [3.8, 4) is 5.75 Å². The number of fused-ring (bicyclic) bond motifs is 2. The van der Waals surface area contributed by atoms with E-state index in [1.54, 1.807) is 19.2 Å². The molecule has 0 aromatic heterocycles. The van der Waals surface area contributed by atoms with Crippen molar-refractivity contribution >= 4 is 16.1 Å². The van der Waals surface area contributed by atoms with E-state index >= 15 is 0 Å². The molecular weight excluding hydrogens is 418 g/mol. The molecule has 4 rings (SSSR count). The largest absolute Gasteiger partial charge is 0.496 e. The highest BCUT2D eigenvalue weighted by Gasteiger charge is 2.37. The molecule has 3 unspecified atom stereocenters. The number of carbonyl (C=O) groups is 1. The molecular formula is C23H29NO6S. The molecule has 1 saturated heterocycles. The first-order valence-corrected chi connectivity index (χ1v) is 11.7. The van der Waals surface area contributed by atoms with Crippen LogP contribution in [0.2, 0.25) is 0 Å². The molecule has 0 saturated carbocycles. The Hall–Kier alpha value is -2.42. The van der Waals surface area contributed by atoms with Gasteiger partial charge in [0.2, 0.25) is 0 Å². The Bertz CT molecular complexity index is 1020. The lowest BCUT2D eigenvalue weighted by Gasteiger charge is -2.40. The molecule has 0 amide bonds. The van der Waals surface area contributed by atoms with Gasteiger partial charge in [-0.05, 0) is 61.4 Å². The van der Waals surface area contributed by atoms with Crippen LogP contribution in [0.5, 0.6) is 5.75 Å². The van der Waals surface area contributed by atoms with Gasteiger partial charge in [0.15, 0.2) is 0 Å². The lowest BCUT2D eigenvalue weighted by Crippen LogP contribution is -2.51. The Balaban J connectivity index is 0.000000210. The minimum absolute atomic E-state index is 0.0162. The van der Waals surface area contributed by atoms with Gasteiger partial charge in [-0.15, -0.1) is 0 Å². The monoisotopic (exact) mass is 447 g/mol. The summed E-state index contributed by atoms with van der Waals surface area (Å²) >= 11 is 0. The van der Waals surface area contributed by atoms with Crippen LogP contribution in [0.1, 0.15) is 23.1 Å². The summed E-state index contributed by atoms with van der Waals surface area (Å²) in [5.41, 5.74) is 3.63. The van der Waals surface area contributed by atoms with E-state index in [1.807, 2.05) is 13.0 Å². The molecule has 1 fully saturated rings. The summed E-state index contributed by atoms with van der Waals surface area (Å²) in [5, 5.41) is 3.52. The van der Waals surface area contributed by atoms with Crippen molar-refractivity contribution in [1.82, 2.24) is 5.32 Å². The molecule has 1 heterocycles. The van der Waals surface area contributed by atoms with E-state index in [0.717, 1.165) is 37.1 Å². The van der Waals surface area contributed by atoms with Crippen molar-refractivity contribution in [3.63, 3.8) is 0 Å². The summed E-state index contributed by atoms with van der Waals surface area (Å²) < 4.78 is 39.9. The zero-order chi connectivity index (χ0) is 22.6. The summed E-state index contributed by atoms with van der Waals surface area (Å²) in [6.45, 7) is 2.57. The van der Waals surface area contributed by atoms with Crippen LogP contribution in [0.25, 0.3) is 0 Å². The van der Waals surface area contributed by atoms with Crippen LogP contribution < -0.4 is 10.1 Å². The lowest BCUT2D eigenvalue weighted by atomic mass is 9.73. The number of piperidine rings is 1. The predicted octanol–water partition coefficient (Wildman–Crippen LogP) is 2.80. The fraction of sp³-hybridized carbons (Fsp3) is 0.435. The van der Waals surface area contributed by atoms with Gasteiger partial charge in [0.05, 0.1) is 25.0 Å². The maximum Gasteiger partial charge on any atom is 0.309 e. The normalized spacial score (nSPS) is 22.3. The molecule has 8 heteroatoms. The SMILES string of the molecule is COC(=O)C1CNC2Cc3cccc(OC)c3CC2C1.Cc1ccc(S(=O)(=O)O)cc1. The van der Waals surface area contributed by atoms with E-state index in [0.29, 0.717) is 12.0 Å². The first-order chi connectivity index (χ1) is 14.7. The zero-order valence-corrected chi connectivity index (χ0v) is 18.8. The van der Waals surface area contributed by atoms with Crippen molar-refractivity contribution in [3.05, 3.63) is 59.2 Å². The van der Waals surface area contributed by atoms with Crippen LogP contribution in [0.3, 0.4) is 0 Å². The van der Waals surface area contributed by atoms with Crippen LogP contribution in [-0.2, 0) is 32.5 Å². The number of hydrogen-bond donors (Lipinski definition) is 2. The summed E-state index contributed by atoms with van der Waals surface area (Å²) in [5.74, 6) is 1.34. The minimum Gasteiger partial charge on any atom is -0.496 e. The van der Waals surface area contributed by atoms with Crippen LogP contribution in [0.15, 0.2) is 47.4 Å². The standard InChI is InChI=1S/C16H21NO3.C7H8O3S/c1-19-15-5-3-4-10-8-14-11(7-13(10)15)6-12(9-17-14)16(18)20-2;1-6-2-4-7(5-3-6)11(8,9)10/h3-5,11-12,14,17H,6-9H2,1-2H3;2-5H,1H3,(H,8,9,10). The molecule has 2 aromatic rings. The topological polar surface area (TPSA) is 102 Å². The fourth-order valence-electron chi connectivity index (χ4n) is 4.32. The summed E-state index contributed by atoms with van der Waals surface area (Å²) in [6, 6.07) is 12.7. The van der Waals surface area contributed by atoms with Gasteiger partial charge in [0.25, 0.3) is 10.1 Å². The van der Waals surface area contributed by atoms with E-state index in [-0.39, 0.29) is 16.8 Å². The van der Waals surface area contributed by atoms with E-state index in [2.05, 4.69) is 17.4 Å². The van der Waals surface area contributed by atoms with Gasteiger partial charge in [0.1, 0.15) is 5.75 Å². The van der Waals surface area contributed by atoms with Gasteiger partial charge < -0.3 is 14.8 Å². The molecule has 2 N–H and O–H groups in total. The second-order valence-electron chi connectivity index (χ2n) is 8.02. The number of ether oxygens (including phenoxy) is 2. The highest BCUT2D eigenvalue weighted by molar-refractivity contribution is 7.85. The fourth-order valence-corrected chi connectivity index (χ4v) is 4.80. The highest BCUT2D eigenvalue weighted by Crippen LogP contribution is 2.37. The Labute approximate surface area is 183 Å². The first-order valence-electron chi connectivity index (χ1n) is 10.2. The highest BCUT2D eigenvalue weighted by atomic mass is 32.2. The number of benzene rings is 2. The molecule has 2 aromatic carbocycles. The quantitative estimate of drug-likeness (QED) is 0.551. The third kappa shape index (κ3) is 5.64. The molecule has 168 valence electrons. The second-order valence-corrected chi connectivity index (χ2v) is 9.45. The molecule has 1 aliphatic carbocycles. The molecule has 0 spiro atoms. The average Bonchev–Trinajstić information content (AvgIpc) is 2.76. The third-order valence-corrected chi connectivity index (χ3v) is 6.86. The number of rotatable bonds is 3. The van der Waals surface area contributed by atoms with Crippen LogP contribution in [-0.4, -0.2) is 45.7 Å². The Morgan fingerprint density at radius 1 is 1.10 bits per heavy atom. The van der Waals surface area contributed by atoms with Crippen molar-refractivity contribution in [2.45, 2.75) is 37.1 Å². The minimum atomic E-state index is -4.02. The smallest absolute Gasteiger partial charge is 0.309 e. The predicted molar refractivity (Wildman–Crippen MR) is 117 cm³/mol. The zero-order valence-electron chi connectivity index (χ0n) is 18.0. The second kappa shape index (κ2) is 9.80. The van der Waals surface area contributed by atoms with E-state index < -0.39 is 10.1 Å². The molecule has 1 aliphatic heterocycles. The number of nitrogens with one attached hydrogen (secondary N) is 1. The van der Waals surface area contributed by atoms with Gasteiger partial charge in [-0.2, -0.15) is 8.42 Å². The maximum absolute atomic E-state index is 11.7. The molecule has 2 aliphatic rings. The molecule has 7 nitrogen and oxygen atoms in total. The van der Waals surface area contributed by atoms with Crippen LogP contribution >= 0.6 is 0 Å². The first kappa shape index (κ1) is 23.2. The third-order valence-electron chi connectivity index (χ3n) is 5.99.